The molecule has 3 aromatic heterocycles. The molecule has 4 nitrogen and oxygen atoms in total. The molecule has 3 heterocycles. The largest absolute Gasteiger partial charge is 0.308 e. The fourth-order valence-corrected chi connectivity index (χ4v) is 5.96. The molecule has 4 heteroatoms. The van der Waals surface area contributed by atoms with Crippen LogP contribution in [0.1, 0.15) is 0 Å². The first-order valence-electron chi connectivity index (χ1n) is 14.1. The highest BCUT2D eigenvalue weighted by Crippen LogP contribution is 2.39. The Bertz CT molecular complexity index is 2110. The number of hydrogen-bond donors (Lipinski definition) is 0. The van der Waals surface area contributed by atoms with Crippen molar-refractivity contribution in [2.24, 2.45) is 0 Å². The van der Waals surface area contributed by atoms with Crippen molar-refractivity contribution in [1.82, 2.24) is 19.1 Å². The van der Waals surface area contributed by atoms with Crippen LogP contribution in [0.4, 0.5) is 0 Å². The van der Waals surface area contributed by atoms with E-state index in [4.69, 9.17) is 4.98 Å². The Balaban J connectivity index is 1.37. The molecule has 0 unspecified atom stereocenters. The van der Waals surface area contributed by atoms with Crippen LogP contribution in [0.5, 0.6) is 0 Å². The number of aromatic nitrogens is 4. The summed E-state index contributed by atoms with van der Waals surface area (Å²) >= 11 is 0. The Morgan fingerprint density at radius 2 is 0.976 bits per heavy atom. The van der Waals surface area contributed by atoms with Gasteiger partial charge in [-0.2, -0.15) is 0 Å². The second-order valence-corrected chi connectivity index (χ2v) is 10.3. The van der Waals surface area contributed by atoms with Crippen LogP contribution < -0.4 is 0 Å². The van der Waals surface area contributed by atoms with Crippen molar-refractivity contribution in [3.63, 3.8) is 0 Å². The van der Waals surface area contributed by atoms with Gasteiger partial charge >= 0.3 is 0 Å². The van der Waals surface area contributed by atoms with Gasteiger partial charge in [0, 0.05) is 45.0 Å². The Hall–Kier alpha value is -5.74. The smallest absolute Gasteiger partial charge is 0.145 e. The predicted octanol–water partition coefficient (Wildman–Crippen LogP) is 9.37. The monoisotopic (exact) mass is 538 g/mol. The number of para-hydroxylation sites is 1. The molecule has 198 valence electrons. The average molecular weight is 539 g/mol. The highest BCUT2D eigenvalue weighted by molar-refractivity contribution is 6.08. The van der Waals surface area contributed by atoms with Crippen LogP contribution in [0.25, 0.3) is 67.1 Å². The summed E-state index contributed by atoms with van der Waals surface area (Å²) in [6.45, 7) is 0. The molecular weight excluding hydrogens is 512 g/mol. The highest BCUT2D eigenvalue weighted by Gasteiger charge is 2.22. The van der Waals surface area contributed by atoms with Crippen LogP contribution in [-0.2, 0) is 0 Å². The fourth-order valence-electron chi connectivity index (χ4n) is 5.96. The molecule has 0 spiro atoms. The van der Waals surface area contributed by atoms with E-state index in [1.807, 2.05) is 24.5 Å². The lowest BCUT2D eigenvalue weighted by molar-refractivity contribution is 1.07. The second kappa shape index (κ2) is 10.0. The summed E-state index contributed by atoms with van der Waals surface area (Å²) < 4.78 is 4.59. The van der Waals surface area contributed by atoms with Crippen LogP contribution >= 0.6 is 0 Å². The average Bonchev–Trinajstić information content (AvgIpc) is 3.63. The number of pyridine rings is 1. The quantitative estimate of drug-likeness (QED) is 0.219. The molecule has 42 heavy (non-hydrogen) atoms. The maximum absolute atomic E-state index is 5.31. The second-order valence-electron chi connectivity index (χ2n) is 10.3. The lowest BCUT2D eigenvalue weighted by atomic mass is 10.0. The van der Waals surface area contributed by atoms with Crippen molar-refractivity contribution >= 4 is 21.8 Å². The van der Waals surface area contributed by atoms with Crippen LogP contribution in [0.2, 0.25) is 0 Å². The van der Waals surface area contributed by atoms with E-state index in [1.54, 1.807) is 0 Å². The number of hydrogen-bond acceptors (Lipinski definition) is 2. The molecule has 0 aliphatic heterocycles. The van der Waals surface area contributed by atoms with Crippen LogP contribution in [0.3, 0.4) is 0 Å². The van der Waals surface area contributed by atoms with Crippen LogP contribution in [0, 0.1) is 0 Å². The summed E-state index contributed by atoms with van der Waals surface area (Å²) in [5, 5.41) is 2.42. The van der Waals surface area contributed by atoms with E-state index in [9.17, 15) is 0 Å². The van der Waals surface area contributed by atoms with E-state index in [2.05, 4.69) is 148 Å². The number of rotatable bonds is 5. The van der Waals surface area contributed by atoms with Gasteiger partial charge in [-0.25, -0.2) is 4.98 Å². The fraction of sp³-hybridized carbons (Fsp3) is 0. The number of fused-ring (bicyclic) bond motifs is 3. The first kappa shape index (κ1) is 24.1. The van der Waals surface area contributed by atoms with E-state index in [-0.39, 0.29) is 0 Å². The molecule has 5 aromatic carbocycles. The number of imidazole rings is 1. The molecule has 0 fully saturated rings. The van der Waals surface area contributed by atoms with Gasteiger partial charge in [0.25, 0.3) is 0 Å². The SMILES string of the molecule is c1ccc(-c2nc(-c3ccccc3)n(-c3ccc(-n4c5ccccc5c5ccncc54)cc3)c2-c2ccccc2)cc1. The Morgan fingerprint density at radius 1 is 0.429 bits per heavy atom. The van der Waals surface area contributed by atoms with Crippen LogP contribution in [0.15, 0.2) is 158 Å². The third kappa shape index (κ3) is 3.93. The predicted molar refractivity (Wildman–Crippen MR) is 172 cm³/mol. The maximum atomic E-state index is 5.31. The Kier molecular flexibility index (Phi) is 5.75. The van der Waals surface area contributed by atoms with Gasteiger partial charge < -0.3 is 4.57 Å². The molecule has 0 saturated carbocycles. The minimum absolute atomic E-state index is 0.905. The first-order chi connectivity index (χ1) is 20.9. The summed E-state index contributed by atoms with van der Waals surface area (Å²) in [5.74, 6) is 0.905. The van der Waals surface area contributed by atoms with Crippen molar-refractivity contribution < 1.29 is 0 Å². The number of nitrogens with zero attached hydrogens (tertiary/aromatic N) is 4. The van der Waals surface area contributed by atoms with Gasteiger partial charge in [0.15, 0.2) is 0 Å². The lowest BCUT2D eigenvalue weighted by Crippen LogP contribution is -2.01. The van der Waals surface area contributed by atoms with E-state index >= 15 is 0 Å². The van der Waals surface area contributed by atoms with Gasteiger partial charge in [-0.05, 0) is 36.4 Å². The van der Waals surface area contributed by atoms with E-state index in [1.165, 1.54) is 10.8 Å². The zero-order valence-electron chi connectivity index (χ0n) is 22.8. The molecule has 0 saturated heterocycles. The summed E-state index contributed by atoms with van der Waals surface area (Å²) in [7, 11) is 0. The maximum Gasteiger partial charge on any atom is 0.145 e. The summed E-state index contributed by atoms with van der Waals surface area (Å²) in [5.41, 5.74) is 9.67. The van der Waals surface area contributed by atoms with Crippen molar-refractivity contribution in [1.29, 1.82) is 0 Å². The van der Waals surface area contributed by atoms with Crippen molar-refractivity contribution in [2.45, 2.75) is 0 Å². The van der Waals surface area contributed by atoms with E-state index in [0.29, 0.717) is 0 Å². The van der Waals surface area contributed by atoms with Gasteiger partial charge in [-0.1, -0.05) is 109 Å². The minimum Gasteiger partial charge on any atom is -0.308 e. The summed E-state index contributed by atoms with van der Waals surface area (Å²) in [6, 6.07) is 50.8. The molecule has 0 bridgehead atoms. The summed E-state index contributed by atoms with van der Waals surface area (Å²) in [6.07, 6.45) is 3.81. The Labute approximate surface area is 243 Å². The van der Waals surface area contributed by atoms with Crippen molar-refractivity contribution in [3.05, 3.63) is 158 Å². The molecule has 0 aliphatic carbocycles. The van der Waals surface area contributed by atoms with E-state index in [0.717, 1.165) is 56.3 Å². The van der Waals surface area contributed by atoms with Gasteiger partial charge in [0.05, 0.1) is 28.6 Å². The molecule has 0 N–H and O–H groups in total. The molecule has 0 radical (unpaired) electrons. The van der Waals surface area contributed by atoms with Gasteiger partial charge in [0.1, 0.15) is 5.82 Å². The van der Waals surface area contributed by atoms with Gasteiger partial charge in [0.2, 0.25) is 0 Å². The first-order valence-corrected chi connectivity index (χ1v) is 14.1. The number of benzene rings is 5. The molecule has 8 rings (SSSR count). The topological polar surface area (TPSA) is 35.6 Å². The van der Waals surface area contributed by atoms with Gasteiger partial charge in [-0.3, -0.25) is 9.55 Å². The van der Waals surface area contributed by atoms with Gasteiger partial charge in [-0.15, -0.1) is 0 Å². The summed E-state index contributed by atoms with van der Waals surface area (Å²) in [4.78, 5) is 9.76. The zero-order chi connectivity index (χ0) is 27.9. The Morgan fingerprint density at radius 3 is 1.67 bits per heavy atom. The molecule has 0 aliphatic rings. The zero-order valence-corrected chi connectivity index (χ0v) is 22.8. The molecule has 0 atom stereocenters. The molecular formula is C38H26N4. The molecule has 8 aromatic rings. The normalized spacial score (nSPS) is 11.3. The third-order valence-electron chi connectivity index (χ3n) is 7.85. The minimum atomic E-state index is 0.905. The third-order valence-corrected chi connectivity index (χ3v) is 7.85. The van der Waals surface area contributed by atoms with E-state index < -0.39 is 0 Å². The van der Waals surface area contributed by atoms with Crippen LogP contribution in [-0.4, -0.2) is 19.1 Å². The highest BCUT2D eigenvalue weighted by atomic mass is 15.1. The van der Waals surface area contributed by atoms with Crippen molar-refractivity contribution in [2.75, 3.05) is 0 Å². The lowest BCUT2D eigenvalue weighted by Gasteiger charge is -2.15. The molecule has 0 amide bonds. The standard InChI is InChI=1S/C38H26N4/c1-4-12-27(13-5-1)36-37(28-14-6-2-7-15-28)42(38(40-36)29-16-8-3-9-17-29)31-22-20-30(21-23-31)41-34-19-11-10-18-32(34)33-24-25-39-26-35(33)41/h1-26H. The van der Waals surface area contributed by atoms with Crippen molar-refractivity contribution in [3.8, 4) is 45.3 Å².